The van der Waals surface area contributed by atoms with E-state index in [9.17, 15) is 9.59 Å². The van der Waals surface area contributed by atoms with Crippen molar-refractivity contribution < 1.29 is 14.3 Å². The Balaban J connectivity index is 2.55. The fourth-order valence-electron chi connectivity index (χ4n) is 1.29. The topological polar surface area (TPSA) is 43.4 Å². The molecule has 0 saturated heterocycles. The molecule has 0 unspecified atom stereocenters. The maximum Gasteiger partial charge on any atom is 0.310 e. The number of ketones is 1. The Labute approximate surface area is 95.4 Å². The van der Waals surface area contributed by atoms with Crippen LogP contribution in [0.5, 0.6) is 0 Å². The summed E-state index contributed by atoms with van der Waals surface area (Å²) in [6.45, 7) is 3.93. The minimum absolute atomic E-state index is 0.0279. The van der Waals surface area contributed by atoms with Crippen molar-refractivity contribution in [3.63, 3.8) is 0 Å². The van der Waals surface area contributed by atoms with Crippen molar-refractivity contribution in [2.45, 2.75) is 26.7 Å². The van der Waals surface area contributed by atoms with Gasteiger partial charge < -0.3 is 4.74 Å². The Hall–Kier alpha value is -1.64. The normalized spacial score (nSPS) is 9.88. The first-order valence-electron chi connectivity index (χ1n) is 5.39. The van der Waals surface area contributed by atoms with E-state index in [2.05, 4.69) is 0 Å². The third kappa shape index (κ3) is 3.85. The number of carbonyl (C=O) groups is 2. The van der Waals surface area contributed by atoms with Gasteiger partial charge in [0.1, 0.15) is 0 Å². The van der Waals surface area contributed by atoms with Gasteiger partial charge in [-0.3, -0.25) is 9.59 Å². The minimum atomic E-state index is -0.225. The number of esters is 1. The summed E-state index contributed by atoms with van der Waals surface area (Å²) < 4.78 is 4.97. The van der Waals surface area contributed by atoms with Gasteiger partial charge in [0.15, 0.2) is 5.78 Å². The standard InChI is InChI=1S/C13H16O3/c1-3-8-16-13(15)9-11-4-6-12(7-5-11)10(2)14/h4-7H,3,8-9H2,1-2H3. The maximum atomic E-state index is 11.3. The molecule has 16 heavy (non-hydrogen) atoms. The molecule has 0 atom stereocenters. The largest absolute Gasteiger partial charge is 0.465 e. The molecule has 0 aliphatic heterocycles. The summed E-state index contributed by atoms with van der Waals surface area (Å²) >= 11 is 0. The summed E-state index contributed by atoms with van der Waals surface area (Å²) in [6, 6.07) is 7.02. The van der Waals surface area contributed by atoms with Crippen LogP contribution in [0.3, 0.4) is 0 Å². The van der Waals surface area contributed by atoms with Gasteiger partial charge in [0.25, 0.3) is 0 Å². The van der Waals surface area contributed by atoms with Crippen molar-refractivity contribution in [2.75, 3.05) is 6.61 Å². The van der Waals surface area contributed by atoms with Crippen molar-refractivity contribution in [3.8, 4) is 0 Å². The first-order chi connectivity index (χ1) is 7.63. The van der Waals surface area contributed by atoms with Crippen LogP contribution in [0.15, 0.2) is 24.3 Å². The summed E-state index contributed by atoms with van der Waals surface area (Å²) in [5.41, 5.74) is 1.52. The Morgan fingerprint density at radius 2 is 1.81 bits per heavy atom. The molecule has 0 bridgehead atoms. The second kappa shape index (κ2) is 6.05. The highest BCUT2D eigenvalue weighted by Crippen LogP contribution is 2.06. The molecule has 1 aromatic carbocycles. The molecule has 0 heterocycles. The summed E-state index contributed by atoms with van der Waals surface area (Å²) in [4.78, 5) is 22.3. The quantitative estimate of drug-likeness (QED) is 0.565. The molecule has 0 amide bonds. The SMILES string of the molecule is CCCOC(=O)Cc1ccc(C(C)=O)cc1. The Morgan fingerprint density at radius 3 is 2.31 bits per heavy atom. The highest BCUT2D eigenvalue weighted by atomic mass is 16.5. The van der Waals surface area contributed by atoms with E-state index in [1.807, 2.05) is 6.92 Å². The molecular weight excluding hydrogens is 204 g/mol. The molecule has 0 radical (unpaired) electrons. The molecular formula is C13H16O3. The number of hydrogen-bond acceptors (Lipinski definition) is 3. The van der Waals surface area contributed by atoms with E-state index in [0.29, 0.717) is 12.2 Å². The number of benzene rings is 1. The second-order valence-corrected chi connectivity index (χ2v) is 3.65. The van der Waals surface area contributed by atoms with Gasteiger partial charge in [-0.05, 0) is 18.9 Å². The van der Waals surface area contributed by atoms with E-state index >= 15 is 0 Å². The first kappa shape index (κ1) is 12.4. The van der Waals surface area contributed by atoms with Crippen LogP contribution in [0.2, 0.25) is 0 Å². The van der Waals surface area contributed by atoms with Crippen molar-refractivity contribution in [1.29, 1.82) is 0 Å². The summed E-state index contributed by atoms with van der Waals surface area (Å²) in [6.07, 6.45) is 1.09. The molecule has 86 valence electrons. The zero-order chi connectivity index (χ0) is 12.0. The average molecular weight is 220 g/mol. The van der Waals surface area contributed by atoms with E-state index in [1.54, 1.807) is 24.3 Å². The van der Waals surface area contributed by atoms with Crippen LogP contribution in [0.1, 0.15) is 36.2 Å². The van der Waals surface area contributed by atoms with Gasteiger partial charge in [0.2, 0.25) is 0 Å². The average Bonchev–Trinajstić information content (AvgIpc) is 2.27. The lowest BCUT2D eigenvalue weighted by Crippen LogP contribution is -2.08. The van der Waals surface area contributed by atoms with E-state index in [0.717, 1.165) is 12.0 Å². The lowest BCUT2D eigenvalue weighted by molar-refractivity contribution is -0.142. The fourth-order valence-corrected chi connectivity index (χ4v) is 1.29. The number of Topliss-reactive ketones (excluding diaryl/α,β-unsaturated/α-hetero) is 1. The van der Waals surface area contributed by atoms with E-state index in [1.165, 1.54) is 6.92 Å². The number of rotatable bonds is 5. The molecule has 0 aromatic heterocycles. The summed E-state index contributed by atoms with van der Waals surface area (Å²) in [5.74, 6) is -0.197. The van der Waals surface area contributed by atoms with E-state index < -0.39 is 0 Å². The van der Waals surface area contributed by atoms with Crippen LogP contribution in [0, 0.1) is 0 Å². The predicted molar refractivity (Wildman–Crippen MR) is 61.4 cm³/mol. The molecule has 0 spiro atoms. The maximum absolute atomic E-state index is 11.3. The monoisotopic (exact) mass is 220 g/mol. The number of ether oxygens (including phenoxy) is 1. The first-order valence-corrected chi connectivity index (χ1v) is 5.39. The molecule has 0 saturated carbocycles. The Kier molecular flexibility index (Phi) is 4.70. The van der Waals surface area contributed by atoms with Crippen LogP contribution in [-0.4, -0.2) is 18.4 Å². The van der Waals surface area contributed by atoms with Crippen LogP contribution in [0.25, 0.3) is 0 Å². The molecule has 1 aromatic rings. The van der Waals surface area contributed by atoms with Gasteiger partial charge in [0.05, 0.1) is 13.0 Å². The lowest BCUT2D eigenvalue weighted by atomic mass is 10.1. The third-order valence-electron chi connectivity index (χ3n) is 2.18. The van der Waals surface area contributed by atoms with Crippen LogP contribution >= 0.6 is 0 Å². The van der Waals surface area contributed by atoms with Crippen molar-refractivity contribution in [3.05, 3.63) is 35.4 Å². The zero-order valence-electron chi connectivity index (χ0n) is 9.66. The van der Waals surface area contributed by atoms with Crippen molar-refractivity contribution in [2.24, 2.45) is 0 Å². The predicted octanol–water partition coefficient (Wildman–Crippen LogP) is 2.38. The summed E-state index contributed by atoms with van der Waals surface area (Å²) in [7, 11) is 0. The zero-order valence-corrected chi connectivity index (χ0v) is 9.66. The fraction of sp³-hybridized carbons (Fsp3) is 0.385. The highest BCUT2D eigenvalue weighted by molar-refractivity contribution is 5.94. The van der Waals surface area contributed by atoms with Gasteiger partial charge in [-0.2, -0.15) is 0 Å². The molecule has 3 heteroatoms. The number of carbonyl (C=O) groups excluding carboxylic acids is 2. The van der Waals surface area contributed by atoms with Crippen molar-refractivity contribution >= 4 is 11.8 Å². The second-order valence-electron chi connectivity index (χ2n) is 3.65. The molecule has 1 rings (SSSR count). The van der Waals surface area contributed by atoms with E-state index in [-0.39, 0.29) is 18.2 Å². The van der Waals surface area contributed by atoms with Gasteiger partial charge >= 0.3 is 5.97 Å². The molecule has 3 nitrogen and oxygen atoms in total. The molecule has 0 aliphatic rings. The van der Waals surface area contributed by atoms with Gasteiger partial charge in [-0.1, -0.05) is 31.2 Å². The third-order valence-corrected chi connectivity index (χ3v) is 2.18. The van der Waals surface area contributed by atoms with Crippen LogP contribution in [-0.2, 0) is 16.0 Å². The van der Waals surface area contributed by atoms with E-state index in [4.69, 9.17) is 4.74 Å². The molecule has 0 N–H and O–H groups in total. The minimum Gasteiger partial charge on any atom is -0.465 e. The smallest absolute Gasteiger partial charge is 0.310 e. The summed E-state index contributed by atoms with van der Waals surface area (Å²) in [5, 5.41) is 0. The van der Waals surface area contributed by atoms with Crippen LogP contribution in [0.4, 0.5) is 0 Å². The van der Waals surface area contributed by atoms with Crippen LogP contribution < -0.4 is 0 Å². The Morgan fingerprint density at radius 1 is 1.19 bits per heavy atom. The van der Waals surface area contributed by atoms with Gasteiger partial charge in [-0.25, -0.2) is 0 Å². The highest BCUT2D eigenvalue weighted by Gasteiger charge is 2.05. The van der Waals surface area contributed by atoms with Gasteiger partial charge in [0, 0.05) is 5.56 Å². The Bertz CT molecular complexity index is 365. The molecule has 0 aliphatic carbocycles. The molecule has 0 fully saturated rings. The van der Waals surface area contributed by atoms with Crippen molar-refractivity contribution in [1.82, 2.24) is 0 Å². The lowest BCUT2D eigenvalue weighted by Gasteiger charge is -2.03. The number of hydrogen-bond donors (Lipinski definition) is 0. The van der Waals surface area contributed by atoms with Gasteiger partial charge in [-0.15, -0.1) is 0 Å².